The van der Waals surface area contributed by atoms with Crippen LogP contribution in [-0.2, 0) is 37.9 Å². The predicted octanol–water partition coefficient (Wildman–Crippen LogP) is 20.8. The van der Waals surface area contributed by atoms with Crippen molar-refractivity contribution < 1.29 is 4.42 Å². The van der Waals surface area contributed by atoms with Gasteiger partial charge in [-0.15, -0.1) is 11.3 Å². The lowest BCUT2D eigenvalue weighted by Crippen LogP contribution is -2.60. The average molecular weight is 1090 g/mol. The van der Waals surface area contributed by atoms with Crippen LogP contribution < -0.4 is 20.0 Å². The fraction of sp³-hybridized carbons (Fsp3) is 0.351. The first-order valence-corrected chi connectivity index (χ1v) is 31.3. The third-order valence-corrected chi connectivity index (χ3v) is 22.3. The highest BCUT2D eigenvalue weighted by Gasteiger charge is 2.51. The van der Waals surface area contributed by atoms with Gasteiger partial charge in [-0.2, -0.15) is 0 Å². The molecule has 0 atom stereocenters. The zero-order valence-electron chi connectivity index (χ0n) is 51.4. The van der Waals surface area contributed by atoms with Gasteiger partial charge in [0.15, 0.2) is 0 Å². The molecule has 0 N–H and O–H groups in total. The van der Waals surface area contributed by atoms with E-state index in [1.807, 2.05) is 11.3 Å². The molecular formula is C77H79BN2OS. The van der Waals surface area contributed by atoms with Crippen molar-refractivity contribution in [1.82, 2.24) is 0 Å². The zero-order valence-corrected chi connectivity index (χ0v) is 52.2. The number of thiophene rings is 1. The number of hydrogen-bond donors (Lipinski definition) is 0. The minimum Gasteiger partial charge on any atom is -0.455 e. The molecule has 3 nitrogen and oxygen atoms in total. The number of fused-ring (bicyclic) bond motifs is 15. The molecule has 3 aliphatic carbocycles. The van der Waals surface area contributed by atoms with E-state index in [-0.39, 0.29) is 44.8 Å². The van der Waals surface area contributed by atoms with Gasteiger partial charge in [0, 0.05) is 64.8 Å². The van der Waals surface area contributed by atoms with Gasteiger partial charge in [0.2, 0.25) is 0 Å². The summed E-state index contributed by atoms with van der Waals surface area (Å²) in [4.78, 5) is 5.51. The first-order valence-electron chi connectivity index (χ1n) is 30.5. The Balaban J connectivity index is 1.12. The Hall–Kier alpha value is -6.82. The lowest BCUT2D eigenvalue weighted by Gasteiger charge is -2.45. The molecule has 0 unspecified atom stereocenters. The fourth-order valence-corrected chi connectivity index (χ4v) is 17.1. The number of anilines is 5. The third kappa shape index (κ3) is 7.26. The topological polar surface area (TPSA) is 19.6 Å². The summed E-state index contributed by atoms with van der Waals surface area (Å²) in [5.74, 6) is 0. The van der Waals surface area contributed by atoms with Crippen LogP contribution in [0.15, 0.2) is 144 Å². The first-order chi connectivity index (χ1) is 38.6. The van der Waals surface area contributed by atoms with Crippen LogP contribution in [0.4, 0.5) is 28.4 Å². The molecular weight excluding hydrogens is 1010 g/mol. The van der Waals surface area contributed by atoms with Crippen molar-refractivity contribution in [3.63, 3.8) is 0 Å². The summed E-state index contributed by atoms with van der Waals surface area (Å²) in [6, 6.07) is 55.4. The fourth-order valence-electron chi connectivity index (χ4n) is 15.7. The standard InChI is InChI=1S/C77H79BN2OS/c1-71(2,3)45-26-29-47(30-27-45)80-62-42-56-50(51-38-57-59(41-55(51)77(56,15)16)75(11,12)34-32-73(57,7)8)37-53(62)66-67-63(40-52-48-24-20-21-25-64(48)81-69(52)66)79(61-31-28-46(72(4,5)6)36-49(61)44-22-18-17-19-23-44)68-54-39-58-60(43-65(54)82-70(68)78(67)80)76(13,14)35-33-74(58,9)10/h17-31,36-43H,32-35H2,1-16H3. The normalized spacial score (nSPS) is 18.5. The Labute approximate surface area is 491 Å². The van der Waals surface area contributed by atoms with Crippen molar-refractivity contribution in [2.45, 2.75) is 174 Å². The largest absolute Gasteiger partial charge is 0.455 e. The Morgan fingerprint density at radius 2 is 1.04 bits per heavy atom. The molecule has 0 spiro atoms. The maximum atomic E-state index is 7.44. The van der Waals surface area contributed by atoms with E-state index in [9.17, 15) is 0 Å². The molecule has 0 amide bonds. The quantitative estimate of drug-likeness (QED) is 0.164. The van der Waals surface area contributed by atoms with Crippen LogP contribution in [0.3, 0.4) is 0 Å². The summed E-state index contributed by atoms with van der Waals surface area (Å²) in [6.07, 6.45) is 4.68. The minimum atomic E-state index is -0.247. The average Bonchev–Trinajstić information content (AvgIpc) is 1.53. The van der Waals surface area contributed by atoms with Crippen molar-refractivity contribution in [1.29, 1.82) is 0 Å². The highest BCUT2D eigenvalue weighted by Crippen LogP contribution is 2.61. The number of furan rings is 1. The molecule has 8 aromatic carbocycles. The van der Waals surface area contributed by atoms with Crippen molar-refractivity contribution in [3.05, 3.63) is 184 Å². The van der Waals surface area contributed by atoms with Gasteiger partial charge in [0.05, 0.1) is 11.4 Å². The number of rotatable bonds is 3. The molecule has 412 valence electrons. The van der Waals surface area contributed by atoms with Gasteiger partial charge in [-0.05, 0) is 192 Å². The monoisotopic (exact) mass is 1090 g/mol. The molecule has 10 aromatic rings. The van der Waals surface area contributed by atoms with Gasteiger partial charge in [0.1, 0.15) is 11.2 Å². The molecule has 0 fully saturated rings. The van der Waals surface area contributed by atoms with Crippen LogP contribution in [0.1, 0.15) is 181 Å². The number of nitrogens with zero attached hydrogens (tertiary/aromatic N) is 2. The van der Waals surface area contributed by atoms with E-state index in [4.69, 9.17) is 4.42 Å². The van der Waals surface area contributed by atoms with E-state index in [1.54, 1.807) is 0 Å². The van der Waals surface area contributed by atoms with E-state index < -0.39 is 0 Å². The highest BCUT2D eigenvalue weighted by atomic mass is 32.1. The summed E-state index contributed by atoms with van der Waals surface area (Å²) in [6.45, 7) is 38.7. The van der Waals surface area contributed by atoms with Gasteiger partial charge >= 0.3 is 6.85 Å². The summed E-state index contributed by atoms with van der Waals surface area (Å²) >= 11 is 2.03. The lowest BCUT2D eigenvalue weighted by molar-refractivity contribution is 0.331. The number of para-hydroxylation sites is 1. The summed E-state index contributed by atoms with van der Waals surface area (Å²) in [7, 11) is 0. The first kappa shape index (κ1) is 52.0. The maximum Gasteiger partial charge on any atom is 0.343 e. The second-order valence-electron chi connectivity index (χ2n) is 30.6. The van der Waals surface area contributed by atoms with Crippen LogP contribution in [0.2, 0.25) is 0 Å². The van der Waals surface area contributed by atoms with Crippen LogP contribution >= 0.6 is 11.3 Å². The summed E-state index contributed by atoms with van der Waals surface area (Å²) < 4.78 is 10.2. The van der Waals surface area contributed by atoms with Crippen LogP contribution in [-0.4, -0.2) is 6.85 Å². The van der Waals surface area contributed by atoms with E-state index in [0.29, 0.717) is 0 Å². The molecule has 2 aromatic heterocycles. The lowest BCUT2D eigenvalue weighted by atomic mass is 9.46. The van der Waals surface area contributed by atoms with E-state index in [1.165, 1.54) is 146 Å². The molecule has 0 radical (unpaired) electrons. The molecule has 4 heterocycles. The molecule has 0 bridgehead atoms. The minimum absolute atomic E-state index is 0.00637. The number of hydrogen-bond acceptors (Lipinski definition) is 4. The molecule has 5 aliphatic rings. The highest BCUT2D eigenvalue weighted by molar-refractivity contribution is 7.32. The van der Waals surface area contributed by atoms with Gasteiger partial charge in [-0.25, -0.2) is 0 Å². The zero-order chi connectivity index (χ0) is 57.3. The molecule has 0 saturated heterocycles. The second-order valence-corrected chi connectivity index (χ2v) is 31.7. The Bertz CT molecular complexity index is 4390. The summed E-state index contributed by atoms with van der Waals surface area (Å²) in [5.41, 5.74) is 28.4. The predicted molar refractivity (Wildman–Crippen MR) is 354 cm³/mol. The smallest absolute Gasteiger partial charge is 0.343 e. The van der Waals surface area contributed by atoms with E-state index >= 15 is 0 Å². The van der Waals surface area contributed by atoms with E-state index in [2.05, 4.69) is 260 Å². The van der Waals surface area contributed by atoms with Gasteiger partial charge in [-0.1, -0.05) is 184 Å². The Kier molecular flexibility index (Phi) is 10.6. The van der Waals surface area contributed by atoms with Crippen LogP contribution in [0.5, 0.6) is 0 Å². The molecule has 2 aliphatic heterocycles. The van der Waals surface area contributed by atoms with Crippen molar-refractivity contribution in [3.8, 4) is 33.4 Å². The van der Waals surface area contributed by atoms with Crippen molar-refractivity contribution in [2.24, 2.45) is 0 Å². The van der Waals surface area contributed by atoms with Crippen molar-refractivity contribution in [2.75, 3.05) is 9.71 Å². The third-order valence-electron chi connectivity index (χ3n) is 21.1. The van der Waals surface area contributed by atoms with Gasteiger partial charge < -0.3 is 14.1 Å². The van der Waals surface area contributed by atoms with Crippen molar-refractivity contribution >= 4 is 88.9 Å². The maximum absolute atomic E-state index is 7.44. The van der Waals surface area contributed by atoms with Crippen LogP contribution in [0, 0.1) is 0 Å². The Morgan fingerprint density at radius 3 is 1.70 bits per heavy atom. The SMILES string of the molecule is CC(C)(C)c1ccc(N2B3c4sc5cc6c(cc5c4N(c4ccc(C(C)(C)C)cc4-c4ccccc4)c4cc5c(oc7ccccc75)c(c43)-c3cc4c(cc32)C(C)(C)c2cc3c(cc2-4)C(C)(C)CCC3(C)C)C(C)(C)CCC6(C)C)cc1. The second kappa shape index (κ2) is 16.7. The molecule has 0 saturated carbocycles. The summed E-state index contributed by atoms with van der Waals surface area (Å²) in [5, 5.41) is 3.63. The molecule has 5 heteroatoms. The number of benzene rings is 8. The molecule has 82 heavy (non-hydrogen) atoms. The molecule has 15 rings (SSSR count). The van der Waals surface area contributed by atoms with Gasteiger partial charge in [0.25, 0.3) is 0 Å². The Morgan fingerprint density at radius 1 is 0.463 bits per heavy atom. The van der Waals surface area contributed by atoms with E-state index in [0.717, 1.165) is 28.4 Å². The van der Waals surface area contributed by atoms with Gasteiger partial charge in [-0.3, -0.25) is 0 Å². The van der Waals surface area contributed by atoms with Crippen LogP contribution in [0.25, 0.3) is 65.4 Å².